The van der Waals surface area contributed by atoms with E-state index in [2.05, 4.69) is 16.0 Å². The molecule has 2 aromatic carbocycles. The molecule has 1 aliphatic rings. The fraction of sp³-hybridized carbons (Fsp3) is 0.300. The number of rotatable bonds is 4. The smallest absolute Gasteiger partial charge is 0.260 e. The molecule has 1 saturated heterocycles. The highest BCUT2D eigenvalue weighted by atomic mass is 16.5. The maximum atomic E-state index is 12.5. The second kappa shape index (κ2) is 6.97. The number of benzene rings is 2. The molecule has 1 aromatic heterocycles. The minimum absolute atomic E-state index is 0.0319. The van der Waals surface area contributed by atoms with E-state index in [0.717, 1.165) is 36.3 Å². The quantitative estimate of drug-likeness (QED) is 0.795. The van der Waals surface area contributed by atoms with Crippen molar-refractivity contribution in [2.24, 2.45) is 0 Å². The second-order valence-electron chi connectivity index (χ2n) is 6.45. The molecule has 5 nitrogen and oxygen atoms in total. The zero-order valence-corrected chi connectivity index (χ0v) is 14.0. The van der Waals surface area contributed by atoms with Gasteiger partial charge in [0.2, 0.25) is 0 Å². The number of hydrogen-bond acceptors (Lipinski definition) is 3. The molecule has 1 aliphatic heterocycles. The number of carbonyl (C=O) groups excluding carboxylic acids is 1. The van der Waals surface area contributed by atoms with E-state index in [-0.39, 0.29) is 18.4 Å². The minimum Gasteiger partial charge on any atom is -0.484 e. The molecule has 25 heavy (non-hydrogen) atoms. The van der Waals surface area contributed by atoms with Gasteiger partial charge in [-0.15, -0.1) is 0 Å². The van der Waals surface area contributed by atoms with Gasteiger partial charge in [-0.25, -0.2) is 4.98 Å². The maximum absolute atomic E-state index is 12.5. The lowest BCUT2D eigenvalue weighted by atomic mass is 9.97. The summed E-state index contributed by atoms with van der Waals surface area (Å²) in [7, 11) is 0. The topological polar surface area (TPSA) is 58.2 Å². The van der Waals surface area contributed by atoms with Crippen molar-refractivity contribution in [3.05, 3.63) is 60.7 Å². The fourth-order valence-corrected chi connectivity index (χ4v) is 3.42. The van der Waals surface area contributed by atoms with Crippen molar-refractivity contribution >= 4 is 16.7 Å². The predicted molar refractivity (Wildman–Crippen MR) is 96.6 cm³/mol. The summed E-state index contributed by atoms with van der Waals surface area (Å²) in [6, 6.07) is 14.0. The van der Waals surface area contributed by atoms with Gasteiger partial charge >= 0.3 is 0 Å². The van der Waals surface area contributed by atoms with Gasteiger partial charge in [-0.3, -0.25) is 4.79 Å². The average molecular weight is 335 g/mol. The van der Waals surface area contributed by atoms with Crippen LogP contribution in [0.25, 0.3) is 10.8 Å². The second-order valence-corrected chi connectivity index (χ2v) is 6.45. The summed E-state index contributed by atoms with van der Waals surface area (Å²) in [5.74, 6) is 2.01. The number of piperidine rings is 1. The van der Waals surface area contributed by atoms with Crippen LogP contribution in [0.4, 0.5) is 0 Å². The van der Waals surface area contributed by atoms with Crippen LogP contribution in [0, 0.1) is 0 Å². The van der Waals surface area contributed by atoms with E-state index in [1.807, 2.05) is 47.5 Å². The van der Waals surface area contributed by atoms with Crippen molar-refractivity contribution in [1.82, 2.24) is 14.9 Å². The lowest BCUT2D eigenvalue weighted by Crippen LogP contribution is -2.41. The molecule has 2 heterocycles. The molecule has 1 amide bonds. The van der Waals surface area contributed by atoms with Crippen molar-refractivity contribution in [3.63, 3.8) is 0 Å². The number of amides is 1. The zero-order chi connectivity index (χ0) is 17.1. The lowest BCUT2D eigenvalue weighted by Gasteiger charge is -2.31. The Bertz CT molecular complexity index is 860. The first kappa shape index (κ1) is 15.7. The molecule has 1 fully saturated rings. The van der Waals surface area contributed by atoms with Gasteiger partial charge in [-0.05, 0) is 35.7 Å². The molecule has 0 unspecified atom stereocenters. The molecule has 0 saturated carbocycles. The lowest BCUT2D eigenvalue weighted by molar-refractivity contribution is -0.134. The highest BCUT2D eigenvalue weighted by molar-refractivity contribution is 5.84. The number of likely N-dealkylation sites (tertiary alicyclic amines) is 1. The largest absolute Gasteiger partial charge is 0.484 e. The number of nitrogens with zero attached hydrogens (tertiary/aromatic N) is 2. The van der Waals surface area contributed by atoms with E-state index in [1.54, 1.807) is 6.20 Å². The van der Waals surface area contributed by atoms with Crippen molar-refractivity contribution in [2.75, 3.05) is 19.7 Å². The number of ether oxygens (including phenoxy) is 1. The average Bonchev–Trinajstić information content (AvgIpc) is 3.21. The van der Waals surface area contributed by atoms with Gasteiger partial charge in [0.25, 0.3) is 5.91 Å². The number of aromatic nitrogens is 2. The van der Waals surface area contributed by atoms with E-state index in [9.17, 15) is 4.79 Å². The Morgan fingerprint density at radius 1 is 1.24 bits per heavy atom. The maximum Gasteiger partial charge on any atom is 0.260 e. The van der Waals surface area contributed by atoms with E-state index >= 15 is 0 Å². The van der Waals surface area contributed by atoms with Crippen molar-refractivity contribution in [1.29, 1.82) is 0 Å². The van der Waals surface area contributed by atoms with E-state index in [0.29, 0.717) is 6.54 Å². The third-order valence-electron chi connectivity index (χ3n) is 4.76. The standard InChI is InChI=1S/C20H21N3O2/c24-19(23-11-3-6-17(13-23)20-21-9-10-22-20)14-25-18-8-7-15-4-1-2-5-16(15)12-18/h1-2,4-5,7-10,12,17H,3,6,11,13-14H2,(H,21,22)/t17-/m1/s1. The summed E-state index contributed by atoms with van der Waals surface area (Å²) >= 11 is 0. The highest BCUT2D eigenvalue weighted by Gasteiger charge is 2.26. The van der Waals surface area contributed by atoms with E-state index in [4.69, 9.17) is 4.74 Å². The zero-order valence-electron chi connectivity index (χ0n) is 14.0. The monoisotopic (exact) mass is 335 g/mol. The van der Waals surface area contributed by atoms with Crippen LogP contribution in [0.1, 0.15) is 24.6 Å². The number of imidazole rings is 1. The third kappa shape index (κ3) is 3.50. The molecule has 3 aromatic rings. The van der Waals surface area contributed by atoms with Gasteiger partial charge in [0.15, 0.2) is 6.61 Å². The van der Waals surface area contributed by atoms with Crippen LogP contribution in [0.15, 0.2) is 54.9 Å². The van der Waals surface area contributed by atoms with Gasteiger partial charge in [-0.1, -0.05) is 30.3 Å². The molecular weight excluding hydrogens is 314 g/mol. The third-order valence-corrected chi connectivity index (χ3v) is 4.76. The number of nitrogens with one attached hydrogen (secondary N) is 1. The van der Waals surface area contributed by atoms with Crippen LogP contribution in [0.5, 0.6) is 5.75 Å². The molecule has 1 N–H and O–H groups in total. The molecular formula is C20H21N3O2. The molecule has 1 atom stereocenters. The summed E-state index contributed by atoms with van der Waals surface area (Å²) in [6.07, 6.45) is 5.65. The summed E-state index contributed by atoms with van der Waals surface area (Å²) < 4.78 is 5.74. The number of aromatic amines is 1. The Hall–Kier alpha value is -2.82. The Kier molecular flexibility index (Phi) is 4.37. The van der Waals surface area contributed by atoms with Crippen LogP contribution in [-0.2, 0) is 4.79 Å². The van der Waals surface area contributed by atoms with Crippen molar-refractivity contribution < 1.29 is 9.53 Å². The molecule has 0 bridgehead atoms. The van der Waals surface area contributed by atoms with Crippen LogP contribution in [0.2, 0.25) is 0 Å². The summed E-state index contributed by atoms with van der Waals surface area (Å²) in [5, 5.41) is 2.28. The Labute approximate surface area is 146 Å². The normalized spacial score (nSPS) is 17.6. The molecule has 0 spiro atoms. The van der Waals surface area contributed by atoms with Gasteiger partial charge in [0.1, 0.15) is 11.6 Å². The van der Waals surface area contributed by atoms with E-state index < -0.39 is 0 Å². The van der Waals surface area contributed by atoms with Crippen molar-refractivity contribution in [2.45, 2.75) is 18.8 Å². The Morgan fingerprint density at radius 3 is 2.96 bits per heavy atom. The van der Waals surface area contributed by atoms with Gasteiger partial charge in [0.05, 0.1) is 0 Å². The summed E-state index contributed by atoms with van der Waals surface area (Å²) in [6.45, 7) is 1.56. The minimum atomic E-state index is 0.0319. The molecule has 0 radical (unpaired) electrons. The van der Waals surface area contributed by atoms with E-state index in [1.165, 1.54) is 5.39 Å². The summed E-state index contributed by atoms with van der Waals surface area (Å²) in [5.41, 5.74) is 0. The Morgan fingerprint density at radius 2 is 2.12 bits per heavy atom. The van der Waals surface area contributed by atoms with Gasteiger partial charge in [-0.2, -0.15) is 0 Å². The molecule has 0 aliphatic carbocycles. The number of carbonyl (C=O) groups is 1. The van der Waals surface area contributed by atoms with Crippen molar-refractivity contribution in [3.8, 4) is 5.75 Å². The fourth-order valence-electron chi connectivity index (χ4n) is 3.42. The van der Waals surface area contributed by atoms with Gasteiger partial charge < -0.3 is 14.6 Å². The highest BCUT2D eigenvalue weighted by Crippen LogP contribution is 2.25. The molecule has 5 heteroatoms. The van der Waals surface area contributed by atoms with Crippen LogP contribution in [-0.4, -0.2) is 40.5 Å². The number of hydrogen-bond donors (Lipinski definition) is 1. The first-order chi connectivity index (χ1) is 12.3. The predicted octanol–water partition coefficient (Wildman–Crippen LogP) is 3.35. The first-order valence-corrected chi connectivity index (χ1v) is 8.68. The van der Waals surface area contributed by atoms with Crippen LogP contribution >= 0.6 is 0 Å². The number of H-pyrrole nitrogens is 1. The summed E-state index contributed by atoms with van der Waals surface area (Å²) in [4.78, 5) is 21.9. The van der Waals surface area contributed by atoms with Crippen LogP contribution < -0.4 is 4.74 Å². The van der Waals surface area contributed by atoms with Gasteiger partial charge in [0, 0.05) is 31.4 Å². The number of fused-ring (bicyclic) bond motifs is 1. The van der Waals surface area contributed by atoms with Crippen LogP contribution in [0.3, 0.4) is 0 Å². The SMILES string of the molecule is O=C(COc1ccc2ccccc2c1)N1CCC[C@@H](c2ncc[nH]2)C1. The molecule has 128 valence electrons. The Balaban J connectivity index is 1.37. The first-order valence-electron chi connectivity index (χ1n) is 8.68. The molecule has 4 rings (SSSR count).